The Morgan fingerprint density at radius 1 is 1.21 bits per heavy atom. The van der Waals surface area contributed by atoms with E-state index in [1.165, 1.54) is 5.56 Å². The second kappa shape index (κ2) is 5.63. The first-order chi connectivity index (χ1) is 11.6. The molecule has 0 aliphatic heterocycles. The Balaban J connectivity index is 1.65. The molecule has 122 valence electrons. The second-order valence-corrected chi connectivity index (χ2v) is 6.25. The van der Waals surface area contributed by atoms with Crippen molar-refractivity contribution in [2.75, 3.05) is 5.32 Å². The van der Waals surface area contributed by atoms with Gasteiger partial charge in [-0.15, -0.1) is 0 Å². The number of carbonyl (C=O) groups is 1. The van der Waals surface area contributed by atoms with E-state index in [2.05, 4.69) is 15.6 Å². The fraction of sp³-hybridized carbons (Fsp3) is 0.278. The molecule has 4 rings (SSSR count). The largest absolute Gasteiger partial charge is 0.360 e. The quantitative estimate of drug-likeness (QED) is 0.796. The predicted octanol–water partition coefficient (Wildman–Crippen LogP) is 3.61. The summed E-state index contributed by atoms with van der Waals surface area (Å²) >= 11 is 0. The van der Waals surface area contributed by atoms with Crippen LogP contribution in [0.5, 0.6) is 0 Å². The Bertz CT molecular complexity index is 888. The van der Waals surface area contributed by atoms with Gasteiger partial charge in [0, 0.05) is 17.7 Å². The highest BCUT2D eigenvalue weighted by molar-refractivity contribution is 6.02. The number of aryl methyl sites for hydroxylation is 2. The second-order valence-electron chi connectivity index (χ2n) is 6.25. The summed E-state index contributed by atoms with van der Waals surface area (Å²) in [6.45, 7) is 3.83. The number of hydrogen-bond acceptors (Lipinski definition) is 4. The summed E-state index contributed by atoms with van der Waals surface area (Å²) in [4.78, 5) is 12.4. The predicted molar refractivity (Wildman–Crippen MR) is 89.5 cm³/mol. The minimum Gasteiger partial charge on any atom is -0.360 e. The van der Waals surface area contributed by atoms with Crippen LogP contribution in [0.1, 0.15) is 46.3 Å². The van der Waals surface area contributed by atoms with Gasteiger partial charge in [-0.1, -0.05) is 22.9 Å². The Hall–Kier alpha value is -2.89. The third kappa shape index (κ3) is 2.82. The van der Waals surface area contributed by atoms with Gasteiger partial charge in [0.15, 0.2) is 11.5 Å². The average Bonchev–Trinajstić information content (AvgIpc) is 3.18. The first kappa shape index (κ1) is 14.7. The number of amides is 1. The van der Waals surface area contributed by atoms with Crippen molar-refractivity contribution in [3.8, 4) is 5.69 Å². The van der Waals surface area contributed by atoms with Crippen LogP contribution < -0.4 is 5.32 Å². The van der Waals surface area contributed by atoms with Crippen molar-refractivity contribution in [2.45, 2.75) is 32.6 Å². The van der Waals surface area contributed by atoms with Gasteiger partial charge in [-0.3, -0.25) is 4.79 Å². The van der Waals surface area contributed by atoms with Gasteiger partial charge in [-0.2, -0.15) is 5.10 Å². The number of rotatable bonds is 4. The van der Waals surface area contributed by atoms with Gasteiger partial charge in [0.25, 0.3) is 5.91 Å². The number of aromatic nitrogens is 3. The van der Waals surface area contributed by atoms with Crippen LogP contribution in [0.4, 0.5) is 5.82 Å². The monoisotopic (exact) mass is 322 g/mol. The molecule has 6 nitrogen and oxygen atoms in total. The maximum absolute atomic E-state index is 12.4. The lowest BCUT2D eigenvalue weighted by Crippen LogP contribution is -2.13. The fourth-order valence-corrected chi connectivity index (χ4v) is 2.67. The zero-order valence-electron chi connectivity index (χ0n) is 13.6. The summed E-state index contributed by atoms with van der Waals surface area (Å²) in [5.74, 6) is 1.25. The molecule has 6 heteroatoms. The average molecular weight is 322 g/mol. The molecule has 0 unspecified atom stereocenters. The third-order valence-corrected chi connectivity index (χ3v) is 4.11. The number of anilines is 1. The van der Waals surface area contributed by atoms with Gasteiger partial charge in [0.2, 0.25) is 0 Å². The van der Waals surface area contributed by atoms with Crippen LogP contribution >= 0.6 is 0 Å². The van der Waals surface area contributed by atoms with E-state index < -0.39 is 0 Å². The van der Waals surface area contributed by atoms with Crippen LogP contribution in [-0.2, 0) is 0 Å². The van der Waals surface area contributed by atoms with Crippen molar-refractivity contribution < 1.29 is 9.32 Å². The van der Waals surface area contributed by atoms with Crippen molar-refractivity contribution in [1.82, 2.24) is 14.9 Å². The number of benzene rings is 1. The molecule has 0 spiro atoms. The zero-order valence-corrected chi connectivity index (χ0v) is 13.6. The molecule has 2 aromatic heterocycles. The summed E-state index contributed by atoms with van der Waals surface area (Å²) < 4.78 is 6.84. The van der Waals surface area contributed by atoms with Crippen molar-refractivity contribution in [1.29, 1.82) is 0 Å². The molecule has 1 aliphatic rings. The molecular weight excluding hydrogens is 304 g/mol. The molecule has 0 bridgehead atoms. The molecule has 1 aromatic carbocycles. The third-order valence-electron chi connectivity index (χ3n) is 4.11. The van der Waals surface area contributed by atoms with Crippen LogP contribution in [0, 0.1) is 13.8 Å². The molecule has 1 amide bonds. The van der Waals surface area contributed by atoms with Gasteiger partial charge < -0.3 is 9.84 Å². The lowest BCUT2D eigenvalue weighted by molar-refractivity contribution is 0.102. The standard InChI is InChI=1S/C18H18N4O2/c1-11-3-7-14(8-4-11)22-16(13-5-6-13)10-15(20-22)18(23)19-17-9-12(2)24-21-17/h3-4,7-10,13H,5-6H2,1-2H3,(H,19,21,23). The maximum atomic E-state index is 12.4. The minimum atomic E-state index is -0.281. The van der Waals surface area contributed by atoms with E-state index in [4.69, 9.17) is 4.52 Å². The molecule has 1 fully saturated rings. The fourth-order valence-electron chi connectivity index (χ4n) is 2.67. The SMILES string of the molecule is Cc1ccc(-n2nc(C(=O)Nc3cc(C)on3)cc2C2CC2)cc1. The smallest absolute Gasteiger partial charge is 0.277 e. The van der Waals surface area contributed by atoms with E-state index in [1.807, 2.05) is 41.9 Å². The van der Waals surface area contributed by atoms with E-state index >= 15 is 0 Å². The van der Waals surface area contributed by atoms with Gasteiger partial charge in [-0.05, 0) is 44.9 Å². The summed E-state index contributed by atoms with van der Waals surface area (Å²) in [6, 6.07) is 11.7. The highest BCUT2D eigenvalue weighted by Crippen LogP contribution is 2.41. The molecule has 0 atom stereocenters. The van der Waals surface area contributed by atoms with Crippen molar-refractivity contribution in [3.63, 3.8) is 0 Å². The van der Waals surface area contributed by atoms with E-state index in [1.54, 1.807) is 13.0 Å². The first-order valence-corrected chi connectivity index (χ1v) is 8.02. The molecule has 0 saturated heterocycles. The van der Waals surface area contributed by atoms with Crippen molar-refractivity contribution >= 4 is 11.7 Å². The van der Waals surface area contributed by atoms with E-state index in [0.717, 1.165) is 24.2 Å². The minimum absolute atomic E-state index is 0.281. The van der Waals surface area contributed by atoms with Gasteiger partial charge in [0.05, 0.1) is 5.69 Å². The molecular formula is C18H18N4O2. The van der Waals surface area contributed by atoms with Crippen molar-refractivity contribution in [3.05, 3.63) is 59.1 Å². The van der Waals surface area contributed by atoms with Crippen LogP contribution in [-0.4, -0.2) is 20.8 Å². The molecule has 24 heavy (non-hydrogen) atoms. The molecule has 0 radical (unpaired) electrons. The van der Waals surface area contributed by atoms with Gasteiger partial charge >= 0.3 is 0 Å². The Morgan fingerprint density at radius 3 is 2.58 bits per heavy atom. The highest BCUT2D eigenvalue weighted by atomic mass is 16.5. The lowest BCUT2D eigenvalue weighted by Gasteiger charge is -2.06. The first-order valence-electron chi connectivity index (χ1n) is 8.02. The summed E-state index contributed by atoms with van der Waals surface area (Å²) in [6.07, 6.45) is 2.28. The lowest BCUT2D eigenvalue weighted by atomic mass is 10.2. The van der Waals surface area contributed by atoms with E-state index in [-0.39, 0.29) is 5.91 Å². The Morgan fingerprint density at radius 2 is 1.96 bits per heavy atom. The highest BCUT2D eigenvalue weighted by Gasteiger charge is 2.30. The number of carbonyl (C=O) groups excluding carboxylic acids is 1. The summed E-state index contributed by atoms with van der Waals surface area (Å²) in [5, 5.41) is 11.0. The maximum Gasteiger partial charge on any atom is 0.277 e. The number of nitrogens with one attached hydrogen (secondary N) is 1. The Labute approximate surface area is 139 Å². The van der Waals surface area contributed by atoms with Crippen LogP contribution in [0.2, 0.25) is 0 Å². The molecule has 1 aliphatic carbocycles. The molecule has 3 aromatic rings. The normalized spacial score (nSPS) is 13.9. The van der Waals surface area contributed by atoms with E-state index in [0.29, 0.717) is 23.2 Å². The van der Waals surface area contributed by atoms with Crippen LogP contribution in [0.25, 0.3) is 5.69 Å². The topological polar surface area (TPSA) is 73.0 Å². The van der Waals surface area contributed by atoms with Crippen molar-refractivity contribution in [2.24, 2.45) is 0 Å². The van der Waals surface area contributed by atoms with Crippen LogP contribution in [0.15, 0.2) is 40.9 Å². The summed E-state index contributed by atoms with van der Waals surface area (Å²) in [5.41, 5.74) is 3.63. The van der Waals surface area contributed by atoms with Gasteiger partial charge in [0.1, 0.15) is 5.76 Å². The van der Waals surface area contributed by atoms with Gasteiger partial charge in [-0.25, -0.2) is 4.68 Å². The number of nitrogens with zero attached hydrogens (tertiary/aromatic N) is 3. The van der Waals surface area contributed by atoms with Crippen LogP contribution in [0.3, 0.4) is 0 Å². The Kier molecular flexibility index (Phi) is 3.45. The molecule has 1 saturated carbocycles. The number of hydrogen-bond donors (Lipinski definition) is 1. The molecule has 2 heterocycles. The van der Waals surface area contributed by atoms with E-state index in [9.17, 15) is 4.79 Å². The molecule has 1 N–H and O–H groups in total. The zero-order chi connectivity index (χ0) is 16.7. The summed E-state index contributed by atoms with van der Waals surface area (Å²) in [7, 11) is 0.